The van der Waals surface area contributed by atoms with Crippen LogP contribution in [0.5, 0.6) is 0 Å². The average molecular weight is 339 g/mol. The third-order valence-corrected chi connectivity index (χ3v) is 4.43. The van der Waals surface area contributed by atoms with Crippen LogP contribution in [-0.2, 0) is 4.79 Å². The van der Waals surface area contributed by atoms with Gasteiger partial charge in [0.15, 0.2) is 0 Å². The van der Waals surface area contributed by atoms with E-state index in [4.69, 9.17) is 11.6 Å². The summed E-state index contributed by atoms with van der Waals surface area (Å²) in [5.74, 6) is -0.393. The molecule has 1 heterocycles. The van der Waals surface area contributed by atoms with Gasteiger partial charge in [-0.1, -0.05) is 18.5 Å². The highest BCUT2D eigenvalue weighted by Crippen LogP contribution is 2.09. The number of nitrogens with one attached hydrogen (secondary N) is 3. The van der Waals surface area contributed by atoms with E-state index in [1.165, 1.54) is 13.0 Å². The molecule has 1 aromatic carbocycles. The van der Waals surface area contributed by atoms with Crippen molar-refractivity contribution in [3.8, 4) is 0 Å². The van der Waals surface area contributed by atoms with E-state index in [0.717, 1.165) is 25.9 Å². The molecule has 3 N–H and O–H groups in total. The third kappa shape index (κ3) is 5.84. The molecule has 6 heteroatoms. The van der Waals surface area contributed by atoms with Crippen molar-refractivity contribution < 1.29 is 14.5 Å². The SMILES string of the molecule is CCC[NH+]1CCC(NC(=O)CNC(=O)c2ccc(Cl)cc2)CC1. The van der Waals surface area contributed by atoms with Gasteiger partial charge in [-0.25, -0.2) is 0 Å². The van der Waals surface area contributed by atoms with Gasteiger partial charge in [-0.2, -0.15) is 0 Å². The Hall–Kier alpha value is -1.59. The second-order valence-corrected chi connectivity index (χ2v) is 6.47. The largest absolute Gasteiger partial charge is 0.351 e. The first kappa shape index (κ1) is 17.8. The summed E-state index contributed by atoms with van der Waals surface area (Å²) < 4.78 is 0. The zero-order chi connectivity index (χ0) is 16.7. The van der Waals surface area contributed by atoms with Crippen LogP contribution in [0.25, 0.3) is 0 Å². The van der Waals surface area contributed by atoms with Crippen molar-refractivity contribution >= 4 is 23.4 Å². The molecule has 1 fully saturated rings. The lowest BCUT2D eigenvalue weighted by Crippen LogP contribution is -3.13. The van der Waals surface area contributed by atoms with Crippen LogP contribution in [0.2, 0.25) is 5.02 Å². The number of carbonyl (C=O) groups excluding carboxylic acids is 2. The number of carbonyl (C=O) groups is 2. The Morgan fingerprint density at radius 2 is 1.87 bits per heavy atom. The number of hydrogen-bond acceptors (Lipinski definition) is 2. The first-order chi connectivity index (χ1) is 11.1. The van der Waals surface area contributed by atoms with E-state index in [1.54, 1.807) is 29.2 Å². The summed E-state index contributed by atoms with van der Waals surface area (Å²) in [5, 5.41) is 6.23. The van der Waals surface area contributed by atoms with Crippen LogP contribution >= 0.6 is 11.6 Å². The predicted molar refractivity (Wildman–Crippen MR) is 90.8 cm³/mol. The lowest BCUT2D eigenvalue weighted by Gasteiger charge is -2.29. The van der Waals surface area contributed by atoms with Crippen molar-refractivity contribution in [3.05, 3.63) is 34.9 Å². The van der Waals surface area contributed by atoms with Gasteiger partial charge >= 0.3 is 0 Å². The molecule has 0 saturated carbocycles. The Morgan fingerprint density at radius 3 is 2.48 bits per heavy atom. The van der Waals surface area contributed by atoms with Crippen molar-refractivity contribution in [1.82, 2.24) is 10.6 Å². The van der Waals surface area contributed by atoms with Crippen LogP contribution in [0, 0.1) is 0 Å². The van der Waals surface area contributed by atoms with Crippen LogP contribution < -0.4 is 15.5 Å². The van der Waals surface area contributed by atoms with Gasteiger partial charge in [0.05, 0.1) is 26.2 Å². The van der Waals surface area contributed by atoms with Crippen LogP contribution in [-0.4, -0.2) is 44.0 Å². The average Bonchev–Trinajstić information content (AvgIpc) is 2.55. The monoisotopic (exact) mass is 338 g/mol. The Labute approximate surface area is 142 Å². The van der Waals surface area contributed by atoms with Crippen molar-refractivity contribution in [2.45, 2.75) is 32.2 Å². The summed E-state index contributed by atoms with van der Waals surface area (Å²) in [4.78, 5) is 25.5. The molecule has 23 heavy (non-hydrogen) atoms. The van der Waals surface area contributed by atoms with Gasteiger partial charge < -0.3 is 15.5 Å². The molecule has 0 unspecified atom stereocenters. The molecule has 0 spiro atoms. The number of quaternary nitrogens is 1. The maximum Gasteiger partial charge on any atom is 0.251 e. The van der Waals surface area contributed by atoms with Gasteiger partial charge in [-0.15, -0.1) is 0 Å². The van der Waals surface area contributed by atoms with Gasteiger partial charge in [-0.05, 0) is 30.7 Å². The molecule has 1 aliphatic heterocycles. The number of rotatable bonds is 6. The first-order valence-corrected chi connectivity index (χ1v) is 8.63. The van der Waals surface area contributed by atoms with E-state index in [0.29, 0.717) is 10.6 Å². The van der Waals surface area contributed by atoms with Gasteiger partial charge in [-0.3, -0.25) is 9.59 Å². The van der Waals surface area contributed by atoms with Crippen LogP contribution in [0.3, 0.4) is 0 Å². The fraction of sp³-hybridized carbons (Fsp3) is 0.529. The molecule has 5 nitrogen and oxygen atoms in total. The molecule has 2 rings (SSSR count). The fourth-order valence-corrected chi connectivity index (χ4v) is 3.04. The minimum Gasteiger partial charge on any atom is -0.351 e. The molecule has 0 radical (unpaired) electrons. The van der Waals surface area contributed by atoms with E-state index in [-0.39, 0.29) is 24.4 Å². The second kappa shape index (κ2) is 8.89. The fourth-order valence-electron chi connectivity index (χ4n) is 2.92. The number of amides is 2. The zero-order valence-corrected chi connectivity index (χ0v) is 14.3. The van der Waals surface area contributed by atoms with E-state index < -0.39 is 0 Å². The molecule has 1 aromatic rings. The first-order valence-electron chi connectivity index (χ1n) is 8.25. The number of piperidine rings is 1. The maximum absolute atomic E-state index is 12.0. The molecule has 2 amide bonds. The highest BCUT2D eigenvalue weighted by Gasteiger charge is 2.22. The summed E-state index contributed by atoms with van der Waals surface area (Å²) in [7, 11) is 0. The normalized spacial score (nSPS) is 20.8. The maximum atomic E-state index is 12.0. The Kier molecular flexibility index (Phi) is 6.86. The van der Waals surface area contributed by atoms with E-state index in [1.807, 2.05) is 0 Å². The van der Waals surface area contributed by atoms with Gasteiger partial charge in [0.25, 0.3) is 5.91 Å². The third-order valence-electron chi connectivity index (χ3n) is 4.18. The van der Waals surface area contributed by atoms with Crippen molar-refractivity contribution in [1.29, 1.82) is 0 Å². The van der Waals surface area contributed by atoms with E-state index >= 15 is 0 Å². The van der Waals surface area contributed by atoms with Crippen LogP contribution in [0.15, 0.2) is 24.3 Å². The molecule has 126 valence electrons. The van der Waals surface area contributed by atoms with Crippen LogP contribution in [0.1, 0.15) is 36.5 Å². The minimum atomic E-state index is -0.265. The zero-order valence-electron chi connectivity index (χ0n) is 13.5. The van der Waals surface area contributed by atoms with Crippen molar-refractivity contribution in [2.24, 2.45) is 0 Å². The number of likely N-dealkylation sites (tertiary alicyclic amines) is 1. The quantitative estimate of drug-likeness (QED) is 0.713. The van der Waals surface area contributed by atoms with Crippen molar-refractivity contribution in [2.75, 3.05) is 26.2 Å². The molecule has 0 atom stereocenters. The molecule has 0 bridgehead atoms. The molecule has 1 aliphatic rings. The van der Waals surface area contributed by atoms with E-state index in [2.05, 4.69) is 17.6 Å². The summed E-state index contributed by atoms with van der Waals surface area (Å²) in [6, 6.07) is 6.82. The predicted octanol–water partition coefficient (Wildman–Crippen LogP) is 0.643. The minimum absolute atomic E-state index is 0.00346. The van der Waals surface area contributed by atoms with Crippen molar-refractivity contribution in [3.63, 3.8) is 0 Å². The lowest BCUT2D eigenvalue weighted by atomic mass is 10.0. The summed E-state index contributed by atoms with van der Waals surface area (Å²) >= 11 is 5.78. The second-order valence-electron chi connectivity index (χ2n) is 6.03. The molecule has 1 saturated heterocycles. The van der Waals surface area contributed by atoms with Gasteiger partial charge in [0.1, 0.15) is 0 Å². The number of hydrogen-bond donors (Lipinski definition) is 3. The molecule has 0 aromatic heterocycles. The summed E-state index contributed by atoms with van der Waals surface area (Å²) in [6.07, 6.45) is 3.21. The highest BCUT2D eigenvalue weighted by molar-refractivity contribution is 6.30. The molecule has 0 aliphatic carbocycles. The van der Waals surface area contributed by atoms with E-state index in [9.17, 15) is 9.59 Å². The smallest absolute Gasteiger partial charge is 0.251 e. The van der Waals surface area contributed by atoms with Crippen LogP contribution in [0.4, 0.5) is 0 Å². The highest BCUT2D eigenvalue weighted by atomic mass is 35.5. The Morgan fingerprint density at radius 1 is 1.22 bits per heavy atom. The Balaban J connectivity index is 1.69. The summed E-state index contributed by atoms with van der Waals surface area (Å²) in [5.41, 5.74) is 0.499. The van der Waals surface area contributed by atoms with Gasteiger partial charge in [0.2, 0.25) is 5.91 Å². The molecular formula is C17H25ClN3O2+. The number of benzene rings is 1. The Bertz CT molecular complexity index is 525. The topological polar surface area (TPSA) is 62.6 Å². The molecular weight excluding hydrogens is 314 g/mol. The standard InChI is InChI=1S/C17H24ClN3O2/c1-2-9-21-10-7-15(8-11-21)20-16(22)12-19-17(23)13-3-5-14(18)6-4-13/h3-6,15H,2,7-12H2,1H3,(H,19,23)(H,20,22)/p+1. The summed E-state index contributed by atoms with van der Waals surface area (Å²) in [6.45, 7) is 5.62. The number of halogens is 1. The lowest BCUT2D eigenvalue weighted by molar-refractivity contribution is -0.905. The van der Waals surface area contributed by atoms with Gasteiger partial charge in [0, 0.05) is 29.5 Å².